The molecule has 7 heteroatoms. The maximum Gasteiger partial charge on any atom is 0.239 e. The quantitative estimate of drug-likeness (QED) is 0.893. The summed E-state index contributed by atoms with van der Waals surface area (Å²) < 4.78 is 9.30. The lowest BCUT2D eigenvalue weighted by atomic mass is 9.95. The number of fused-ring (bicyclic) bond motifs is 1. The monoisotopic (exact) mass is 276 g/mol. The fraction of sp³-hybridized carbons (Fsp3) is 0.615. The van der Waals surface area contributed by atoms with E-state index in [1.807, 2.05) is 23.3 Å². The van der Waals surface area contributed by atoms with E-state index in [1.54, 1.807) is 7.11 Å². The number of hydrogen-bond donors (Lipinski definition) is 1. The average molecular weight is 276 g/mol. The van der Waals surface area contributed by atoms with Crippen molar-refractivity contribution in [1.82, 2.24) is 24.5 Å². The summed E-state index contributed by atoms with van der Waals surface area (Å²) in [5.41, 5.74) is 9.18. The van der Waals surface area contributed by atoms with Gasteiger partial charge < -0.3 is 10.5 Å². The second-order valence-corrected chi connectivity index (χ2v) is 5.30. The number of nitrogen functional groups attached to an aromatic ring is 1. The van der Waals surface area contributed by atoms with Gasteiger partial charge in [-0.2, -0.15) is 10.1 Å². The molecule has 2 aromatic heterocycles. The zero-order valence-electron chi connectivity index (χ0n) is 12.3. The van der Waals surface area contributed by atoms with Gasteiger partial charge in [-0.25, -0.2) is 4.68 Å². The van der Waals surface area contributed by atoms with Crippen LogP contribution in [0.2, 0.25) is 0 Å². The molecule has 2 unspecified atom stereocenters. The maximum atomic E-state index is 5.78. The topological polar surface area (TPSA) is 83.8 Å². The van der Waals surface area contributed by atoms with Crippen molar-refractivity contribution in [2.24, 2.45) is 7.05 Å². The molecule has 0 amide bonds. The Morgan fingerprint density at radius 1 is 1.25 bits per heavy atom. The second-order valence-electron chi connectivity index (χ2n) is 5.30. The van der Waals surface area contributed by atoms with Crippen molar-refractivity contribution in [2.45, 2.75) is 38.8 Å². The molecule has 3 rings (SSSR count). The first-order chi connectivity index (χ1) is 9.52. The molecular formula is C13H20N6O. The summed E-state index contributed by atoms with van der Waals surface area (Å²) in [6.45, 7) is 4.11. The number of aryl methyl sites for hydroxylation is 2. The third-order valence-electron chi connectivity index (χ3n) is 4.14. The summed E-state index contributed by atoms with van der Waals surface area (Å²) in [5, 5.41) is 8.86. The van der Waals surface area contributed by atoms with Gasteiger partial charge in [0.1, 0.15) is 6.10 Å². The summed E-state index contributed by atoms with van der Waals surface area (Å²) in [5.74, 6) is 1.11. The van der Waals surface area contributed by atoms with Crippen molar-refractivity contribution in [3.8, 4) is 0 Å². The van der Waals surface area contributed by atoms with Crippen LogP contribution in [-0.2, 0) is 11.8 Å². The van der Waals surface area contributed by atoms with E-state index in [0.29, 0.717) is 5.95 Å². The Hall–Kier alpha value is -1.89. The Morgan fingerprint density at radius 3 is 2.60 bits per heavy atom. The normalized spacial score (nSPS) is 22.0. The van der Waals surface area contributed by atoms with Gasteiger partial charge in [0.25, 0.3) is 0 Å². The molecule has 0 saturated carbocycles. The van der Waals surface area contributed by atoms with E-state index in [1.165, 1.54) is 5.56 Å². The first kappa shape index (κ1) is 13.1. The smallest absolute Gasteiger partial charge is 0.239 e. The van der Waals surface area contributed by atoms with Crippen molar-refractivity contribution in [3.05, 3.63) is 22.8 Å². The number of methoxy groups -OCH3 is 1. The number of hydrogen-bond acceptors (Lipinski definition) is 5. The Balaban J connectivity index is 2.12. The summed E-state index contributed by atoms with van der Waals surface area (Å²) in [7, 11) is 3.66. The van der Waals surface area contributed by atoms with Crippen LogP contribution in [0, 0.1) is 13.8 Å². The maximum absolute atomic E-state index is 5.78. The number of nitrogens with two attached hydrogens (primary N) is 1. The number of rotatable bonds is 2. The fourth-order valence-corrected chi connectivity index (χ4v) is 3.12. The van der Waals surface area contributed by atoms with Crippen LogP contribution in [0.5, 0.6) is 0 Å². The Bertz CT molecular complexity index is 644. The van der Waals surface area contributed by atoms with Gasteiger partial charge in [0, 0.05) is 25.4 Å². The highest BCUT2D eigenvalue weighted by Crippen LogP contribution is 2.38. The van der Waals surface area contributed by atoms with Crippen LogP contribution in [0.15, 0.2) is 0 Å². The molecule has 3 heterocycles. The highest BCUT2D eigenvalue weighted by Gasteiger charge is 2.33. The van der Waals surface area contributed by atoms with Crippen LogP contribution >= 0.6 is 0 Å². The van der Waals surface area contributed by atoms with Crippen LogP contribution in [0.25, 0.3) is 0 Å². The lowest BCUT2D eigenvalue weighted by Gasteiger charge is -2.28. The molecule has 0 spiro atoms. The molecule has 2 N–H and O–H groups in total. The molecule has 0 aromatic carbocycles. The Morgan fingerprint density at radius 2 is 2.00 bits per heavy atom. The first-order valence-electron chi connectivity index (χ1n) is 6.77. The molecule has 0 bridgehead atoms. The van der Waals surface area contributed by atoms with Crippen molar-refractivity contribution in [1.29, 1.82) is 0 Å². The second kappa shape index (κ2) is 4.59. The third-order valence-corrected chi connectivity index (χ3v) is 4.14. The van der Waals surface area contributed by atoms with Gasteiger partial charge in [0.05, 0.1) is 11.7 Å². The zero-order valence-corrected chi connectivity index (χ0v) is 12.3. The minimum absolute atomic E-state index is 0.0340. The molecule has 0 radical (unpaired) electrons. The van der Waals surface area contributed by atoms with Crippen LogP contribution < -0.4 is 5.73 Å². The van der Waals surface area contributed by atoms with Crippen LogP contribution in [0.1, 0.15) is 47.8 Å². The van der Waals surface area contributed by atoms with Crippen LogP contribution in [0.3, 0.4) is 0 Å². The molecule has 2 aromatic rings. The van der Waals surface area contributed by atoms with Crippen LogP contribution in [-0.4, -0.2) is 31.7 Å². The van der Waals surface area contributed by atoms with Gasteiger partial charge in [-0.3, -0.25) is 4.68 Å². The predicted octanol–water partition coefficient (Wildman–Crippen LogP) is 1.28. The molecule has 1 aliphatic heterocycles. The number of aromatic nitrogens is 5. The summed E-state index contributed by atoms with van der Waals surface area (Å²) in [6, 6.07) is 0.134. The molecule has 20 heavy (non-hydrogen) atoms. The van der Waals surface area contributed by atoms with Gasteiger partial charge >= 0.3 is 0 Å². The lowest BCUT2D eigenvalue weighted by Crippen LogP contribution is -2.25. The van der Waals surface area contributed by atoms with Gasteiger partial charge in [-0.05, 0) is 26.7 Å². The van der Waals surface area contributed by atoms with E-state index < -0.39 is 0 Å². The Kier molecular flexibility index (Phi) is 3.01. The number of ether oxygens (including phenoxy) is 1. The Labute approximate surface area is 117 Å². The standard InChI is InChI=1S/C13H20N6O/c1-7-11(8(2)18(3)16-7)9-5-6-10(20-4)12-15-13(14)17-19(9)12/h9-10H,5-6H2,1-4H3,(H2,14,17). The average Bonchev–Trinajstić information content (AvgIpc) is 2.90. The molecule has 1 aliphatic rings. The summed E-state index contributed by atoms with van der Waals surface area (Å²) >= 11 is 0. The van der Waals surface area contributed by atoms with Gasteiger partial charge in [0.15, 0.2) is 5.82 Å². The molecule has 0 fully saturated rings. The van der Waals surface area contributed by atoms with Crippen molar-refractivity contribution in [2.75, 3.05) is 12.8 Å². The van der Waals surface area contributed by atoms with E-state index in [-0.39, 0.29) is 12.1 Å². The predicted molar refractivity (Wildman–Crippen MR) is 74.2 cm³/mol. The van der Waals surface area contributed by atoms with Crippen molar-refractivity contribution >= 4 is 5.95 Å². The minimum atomic E-state index is -0.0340. The fourth-order valence-electron chi connectivity index (χ4n) is 3.12. The van der Waals surface area contributed by atoms with E-state index in [0.717, 1.165) is 30.1 Å². The highest BCUT2D eigenvalue weighted by molar-refractivity contribution is 5.31. The van der Waals surface area contributed by atoms with Crippen molar-refractivity contribution in [3.63, 3.8) is 0 Å². The molecule has 0 saturated heterocycles. The third kappa shape index (κ3) is 1.81. The molecular weight excluding hydrogens is 256 g/mol. The molecule has 2 atom stereocenters. The summed E-state index contributed by atoms with van der Waals surface area (Å²) in [4.78, 5) is 4.32. The SMILES string of the molecule is COC1CCC(c2c(C)nn(C)c2C)n2nc(N)nc21. The van der Waals surface area contributed by atoms with Crippen molar-refractivity contribution < 1.29 is 4.74 Å². The molecule has 7 nitrogen and oxygen atoms in total. The van der Waals surface area contributed by atoms with E-state index in [2.05, 4.69) is 22.1 Å². The number of anilines is 1. The van der Waals surface area contributed by atoms with Gasteiger partial charge in [-0.15, -0.1) is 5.10 Å². The van der Waals surface area contributed by atoms with E-state index >= 15 is 0 Å². The van der Waals surface area contributed by atoms with Crippen LogP contribution in [0.4, 0.5) is 5.95 Å². The zero-order chi connectivity index (χ0) is 14.4. The summed E-state index contributed by atoms with van der Waals surface area (Å²) in [6.07, 6.45) is 1.82. The lowest BCUT2D eigenvalue weighted by molar-refractivity contribution is 0.0647. The first-order valence-corrected chi connectivity index (χ1v) is 6.77. The number of nitrogens with zero attached hydrogens (tertiary/aromatic N) is 5. The minimum Gasteiger partial charge on any atom is -0.373 e. The largest absolute Gasteiger partial charge is 0.373 e. The molecule has 108 valence electrons. The van der Waals surface area contributed by atoms with Gasteiger partial charge in [-0.1, -0.05) is 0 Å². The molecule has 0 aliphatic carbocycles. The highest BCUT2D eigenvalue weighted by atomic mass is 16.5. The van der Waals surface area contributed by atoms with Gasteiger partial charge in [0.2, 0.25) is 5.95 Å². The van der Waals surface area contributed by atoms with E-state index in [4.69, 9.17) is 10.5 Å². The van der Waals surface area contributed by atoms with E-state index in [9.17, 15) is 0 Å².